The molecule has 2 atom stereocenters. The molecule has 0 radical (unpaired) electrons. The van der Waals surface area contributed by atoms with Gasteiger partial charge in [0.05, 0.1) is 24.9 Å². The summed E-state index contributed by atoms with van der Waals surface area (Å²) in [6.45, 7) is 2.44. The third kappa shape index (κ3) is 5.20. The molecule has 37 heavy (non-hydrogen) atoms. The van der Waals surface area contributed by atoms with Crippen LogP contribution in [0.2, 0.25) is 0 Å². The minimum absolute atomic E-state index is 0.0553. The number of nitrogens with one attached hydrogen (secondary N) is 2. The highest BCUT2D eigenvalue weighted by atomic mass is 32.1. The molecule has 1 aliphatic rings. The van der Waals surface area contributed by atoms with Crippen LogP contribution in [0.4, 0.5) is 5.69 Å². The maximum absolute atomic E-state index is 12.9. The molecular formula is C29H29N5O2S. The second-order valence-corrected chi connectivity index (χ2v) is 9.32. The van der Waals surface area contributed by atoms with E-state index < -0.39 is 0 Å². The number of carbonyl (C=O) groups is 1. The minimum atomic E-state index is -0.174. The highest BCUT2D eigenvalue weighted by molar-refractivity contribution is 7.80. The molecule has 0 spiro atoms. The average Bonchev–Trinajstić information content (AvgIpc) is 3.53. The standard InChI is InChI=1S/C29H29N5O2S/c1-20-9-3-4-12-23(20)31-26(35)15-18-34-28(27(32-29(34)37)24-13-5-6-16-30-24)25-14-8-17-33(25)21-10-7-11-22(19-21)36-2/h3-14,16-17,19,27-28H,15,18H2,1-2H3,(H,31,35)(H,32,37)/t27-,28+/m1/s1. The molecule has 1 aliphatic heterocycles. The van der Waals surface area contributed by atoms with Crippen LogP contribution in [0.15, 0.2) is 91.3 Å². The number of carbonyl (C=O) groups excluding carboxylic acids is 1. The van der Waals surface area contributed by atoms with Gasteiger partial charge in [0.15, 0.2) is 5.11 Å². The zero-order chi connectivity index (χ0) is 25.8. The molecule has 5 rings (SSSR count). The zero-order valence-electron chi connectivity index (χ0n) is 20.8. The maximum Gasteiger partial charge on any atom is 0.226 e. The average molecular weight is 512 g/mol. The van der Waals surface area contributed by atoms with Crippen molar-refractivity contribution in [1.82, 2.24) is 19.8 Å². The zero-order valence-corrected chi connectivity index (χ0v) is 21.6. The molecule has 188 valence electrons. The van der Waals surface area contributed by atoms with Gasteiger partial charge in [0, 0.05) is 48.5 Å². The maximum atomic E-state index is 12.9. The predicted molar refractivity (Wildman–Crippen MR) is 149 cm³/mol. The first-order chi connectivity index (χ1) is 18.0. The molecule has 7 nitrogen and oxygen atoms in total. The van der Waals surface area contributed by atoms with Crippen LogP contribution in [0.25, 0.3) is 5.69 Å². The van der Waals surface area contributed by atoms with Crippen LogP contribution < -0.4 is 15.4 Å². The van der Waals surface area contributed by atoms with Gasteiger partial charge in [0.1, 0.15) is 5.75 Å². The summed E-state index contributed by atoms with van der Waals surface area (Å²) in [5.41, 5.74) is 4.76. The topological polar surface area (TPSA) is 71.4 Å². The van der Waals surface area contributed by atoms with Crippen LogP contribution in [0.1, 0.15) is 35.5 Å². The summed E-state index contributed by atoms with van der Waals surface area (Å²) in [6.07, 6.45) is 4.11. The summed E-state index contributed by atoms with van der Waals surface area (Å²) in [7, 11) is 1.66. The van der Waals surface area contributed by atoms with E-state index in [9.17, 15) is 4.79 Å². The van der Waals surface area contributed by atoms with Gasteiger partial charge in [-0.25, -0.2) is 0 Å². The Balaban J connectivity index is 1.45. The van der Waals surface area contributed by atoms with Crippen molar-refractivity contribution in [2.24, 2.45) is 0 Å². The van der Waals surface area contributed by atoms with Crippen LogP contribution in [0, 0.1) is 6.92 Å². The van der Waals surface area contributed by atoms with Crippen LogP contribution in [0.5, 0.6) is 5.75 Å². The highest BCUT2D eigenvalue weighted by Gasteiger charge is 2.41. The molecule has 2 aromatic heterocycles. The Labute approximate surface area is 222 Å². The quantitative estimate of drug-likeness (QED) is 0.317. The molecule has 4 aromatic rings. The Morgan fingerprint density at radius 3 is 2.70 bits per heavy atom. The van der Waals surface area contributed by atoms with Crippen LogP contribution >= 0.6 is 12.2 Å². The van der Waals surface area contributed by atoms with Crippen molar-refractivity contribution < 1.29 is 9.53 Å². The summed E-state index contributed by atoms with van der Waals surface area (Å²) in [5.74, 6) is 0.726. The number of anilines is 1. The van der Waals surface area contributed by atoms with Gasteiger partial charge in [-0.2, -0.15) is 0 Å². The monoisotopic (exact) mass is 511 g/mol. The SMILES string of the molecule is COc1cccc(-n2cccc2[C@H]2[C@@H](c3ccccn3)NC(=S)N2CCC(=O)Nc2ccccc2C)c1. The van der Waals surface area contributed by atoms with Crippen molar-refractivity contribution >= 4 is 28.9 Å². The van der Waals surface area contributed by atoms with E-state index in [1.54, 1.807) is 13.3 Å². The molecular weight excluding hydrogens is 482 g/mol. The molecule has 1 fully saturated rings. The smallest absolute Gasteiger partial charge is 0.226 e. The van der Waals surface area contributed by atoms with Crippen LogP contribution in [-0.4, -0.2) is 39.1 Å². The van der Waals surface area contributed by atoms with Crippen molar-refractivity contribution in [3.63, 3.8) is 0 Å². The first kappa shape index (κ1) is 24.5. The molecule has 2 aromatic carbocycles. The fourth-order valence-electron chi connectivity index (χ4n) is 4.75. The highest BCUT2D eigenvalue weighted by Crippen LogP contribution is 2.39. The van der Waals surface area contributed by atoms with Crippen molar-refractivity contribution in [3.8, 4) is 11.4 Å². The second-order valence-electron chi connectivity index (χ2n) is 8.94. The number of ether oxygens (including phenoxy) is 1. The van der Waals surface area contributed by atoms with Crippen LogP contribution in [0.3, 0.4) is 0 Å². The number of hydrogen-bond acceptors (Lipinski definition) is 4. The number of nitrogens with zero attached hydrogens (tertiary/aromatic N) is 3. The van der Waals surface area contributed by atoms with Gasteiger partial charge in [-0.1, -0.05) is 30.3 Å². The lowest BCUT2D eigenvalue weighted by molar-refractivity contribution is -0.116. The number of aromatic nitrogens is 2. The van der Waals surface area contributed by atoms with Gasteiger partial charge < -0.3 is 24.8 Å². The molecule has 0 aliphatic carbocycles. The van der Waals surface area contributed by atoms with E-state index in [2.05, 4.69) is 31.2 Å². The number of methoxy groups -OCH3 is 1. The number of thiocarbonyl (C=S) groups is 1. The summed E-state index contributed by atoms with van der Waals surface area (Å²) in [5, 5.41) is 7.10. The number of hydrogen-bond donors (Lipinski definition) is 2. The fourth-order valence-corrected chi connectivity index (χ4v) is 5.08. The molecule has 3 heterocycles. The lowest BCUT2D eigenvalue weighted by atomic mass is 10.0. The Morgan fingerprint density at radius 2 is 1.92 bits per heavy atom. The number of aryl methyl sites for hydroxylation is 1. The Bertz CT molecular complexity index is 1400. The summed E-state index contributed by atoms with van der Waals surface area (Å²) in [4.78, 5) is 19.6. The second kappa shape index (κ2) is 10.8. The Hall–Kier alpha value is -4.17. The van der Waals surface area contributed by atoms with E-state index in [1.807, 2.05) is 85.9 Å². The van der Waals surface area contributed by atoms with E-state index in [1.165, 1.54) is 0 Å². The normalized spacial score (nSPS) is 16.9. The van der Waals surface area contributed by atoms with E-state index in [0.29, 0.717) is 18.1 Å². The van der Waals surface area contributed by atoms with E-state index in [0.717, 1.165) is 34.1 Å². The van der Waals surface area contributed by atoms with Gasteiger partial charge in [-0.15, -0.1) is 0 Å². The lowest BCUT2D eigenvalue weighted by Crippen LogP contribution is -2.33. The van der Waals surface area contributed by atoms with Crippen LogP contribution in [-0.2, 0) is 4.79 Å². The molecule has 1 amide bonds. The summed E-state index contributed by atoms with van der Waals surface area (Å²) < 4.78 is 7.60. The van der Waals surface area contributed by atoms with Gasteiger partial charge in [-0.05, 0) is 67.2 Å². The first-order valence-corrected chi connectivity index (χ1v) is 12.6. The van der Waals surface area contributed by atoms with Crippen molar-refractivity contribution in [1.29, 1.82) is 0 Å². The molecule has 0 unspecified atom stereocenters. The lowest BCUT2D eigenvalue weighted by Gasteiger charge is -2.29. The summed E-state index contributed by atoms with van der Waals surface area (Å²) >= 11 is 5.80. The Kier molecular flexibility index (Phi) is 7.18. The van der Waals surface area contributed by atoms with E-state index in [-0.39, 0.29) is 18.0 Å². The fraction of sp³-hybridized carbons (Fsp3) is 0.207. The number of benzene rings is 2. The van der Waals surface area contributed by atoms with Gasteiger partial charge in [0.25, 0.3) is 0 Å². The Morgan fingerprint density at radius 1 is 1.08 bits per heavy atom. The third-order valence-corrected chi connectivity index (χ3v) is 6.96. The molecule has 2 N–H and O–H groups in total. The molecule has 0 bridgehead atoms. The number of rotatable bonds is 8. The van der Waals surface area contributed by atoms with E-state index in [4.69, 9.17) is 17.0 Å². The van der Waals surface area contributed by atoms with Gasteiger partial charge in [0.2, 0.25) is 5.91 Å². The largest absolute Gasteiger partial charge is 0.497 e. The van der Waals surface area contributed by atoms with E-state index >= 15 is 0 Å². The summed E-state index contributed by atoms with van der Waals surface area (Å²) in [6, 6.07) is 25.4. The molecule has 8 heteroatoms. The molecule has 0 saturated carbocycles. The minimum Gasteiger partial charge on any atom is -0.497 e. The third-order valence-electron chi connectivity index (χ3n) is 6.61. The number of pyridine rings is 1. The number of amides is 1. The van der Waals surface area contributed by atoms with Crippen molar-refractivity contribution in [2.75, 3.05) is 19.0 Å². The van der Waals surface area contributed by atoms with Crippen molar-refractivity contribution in [2.45, 2.75) is 25.4 Å². The van der Waals surface area contributed by atoms with Gasteiger partial charge in [-0.3, -0.25) is 9.78 Å². The van der Waals surface area contributed by atoms with Crippen molar-refractivity contribution in [3.05, 3.63) is 108 Å². The number of para-hydroxylation sites is 1. The van der Waals surface area contributed by atoms with Gasteiger partial charge >= 0.3 is 0 Å². The first-order valence-electron chi connectivity index (χ1n) is 12.2. The molecule has 1 saturated heterocycles. The predicted octanol–water partition coefficient (Wildman–Crippen LogP) is 5.19.